The highest BCUT2D eigenvalue weighted by Crippen LogP contribution is 2.51. The van der Waals surface area contributed by atoms with Crippen LogP contribution in [0.5, 0.6) is 0 Å². The van der Waals surface area contributed by atoms with Crippen molar-refractivity contribution in [2.24, 2.45) is 17.8 Å². The van der Waals surface area contributed by atoms with Crippen molar-refractivity contribution in [3.05, 3.63) is 29.8 Å². The normalized spacial score (nSPS) is 29.4. The third-order valence-electron chi connectivity index (χ3n) is 6.11. The van der Waals surface area contributed by atoms with Crippen molar-refractivity contribution < 1.29 is 19.1 Å². The molecule has 7 heteroatoms. The van der Waals surface area contributed by atoms with Crippen LogP contribution in [0.15, 0.2) is 24.3 Å². The molecule has 152 valence electrons. The lowest BCUT2D eigenvalue weighted by Gasteiger charge is -2.36. The summed E-state index contributed by atoms with van der Waals surface area (Å²) in [6, 6.07) is 7.39. The van der Waals surface area contributed by atoms with Crippen molar-refractivity contribution in [2.75, 3.05) is 32.6 Å². The molecule has 4 atom stereocenters. The number of hydrogen-bond acceptors (Lipinski definition) is 6. The first kappa shape index (κ1) is 20.3. The van der Waals surface area contributed by atoms with Gasteiger partial charge in [-0.05, 0) is 30.5 Å². The van der Waals surface area contributed by atoms with E-state index in [1.807, 2.05) is 57.1 Å². The average molecular weight is 387 g/mol. The zero-order chi connectivity index (χ0) is 20.8. The monoisotopic (exact) mass is 387 g/mol. The maximum atomic E-state index is 13.1. The lowest BCUT2D eigenvalue weighted by atomic mass is 9.73. The first-order valence-corrected chi connectivity index (χ1v) is 9.70. The molecule has 2 heterocycles. The quantitative estimate of drug-likeness (QED) is 0.611. The van der Waals surface area contributed by atoms with Crippen molar-refractivity contribution in [2.45, 2.75) is 32.4 Å². The molecule has 2 fully saturated rings. The van der Waals surface area contributed by atoms with E-state index in [0.717, 1.165) is 16.2 Å². The highest BCUT2D eigenvalue weighted by atomic mass is 16.5. The summed E-state index contributed by atoms with van der Waals surface area (Å²) in [6.07, 6.45) is 0. The van der Waals surface area contributed by atoms with Gasteiger partial charge in [-0.25, -0.2) is 0 Å². The molecule has 0 aliphatic carbocycles. The minimum atomic E-state index is -1.23. The zero-order valence-corrected chi connectivity index (χ0v) is 17.4. The van der Waals surface area contributed by atoms with Crippen LogP contribution in [-0.4, -0.2) is 56.0 Å². The van der Waals surface area contributed by atoms with Crippen LogP contribution in [0.4, 0.5) is 5.69 Å². The van der Waals surface area contributed by atoms with Gasteiger partial charge in [0.2, 0.25) is 11.8 Å². The number of amides is 2. The number of fused-ring (bicyclic) bond motifs is 1. The summed E-state index contributed by atoms with van der Waals surface area (Å²) in [4.78, 5) is 42.2. The van der Waals surface area contributed by atoms with Crippen LogP contribution in [0.2, 0.25) is 0 Å². The zero-order valence-electron chi connectivity index (χ0n) is 17.4. The molecule has 1 aromatic rings. The molecule has 0 spiro atoms. The Balaban J connectivity index is 2.11. The summed E-state index contributed by atoms with van der Waals surface area (Å²) in [5.74, 6) is -2.68. The second-order valence-corrected chi connectivity index (χ2v) is 8.09. The highest BCUT2D eigenvalue weighted by molar-refractivity contribution is 6.09. The van der Waals surface area contributed by atoms with Crippen molar-refractivity contribution >= 4 is 23.5 Å². The van der Waals surface area contributed by atoms with E-state index >= 15 is 0 Å². The average Bonchev–Trinajstić information content (AvgIpc) is 3.13. The Morgan fingerprint density at radius 1 is 1.21 bits per heavy atom. The SMILES string of the molecule is CCOC(=O)[C@]1(C(C)C)N[C@@H](c2ccc(N(C)C)cc2)[C@H]2C(=O)N(C)C(=O)[C@@H]21. The van der Waals surface area contributed by atoms with Crippen LogP contribution in [0.1, 0.15) is 32.4 Å². The topological polar surface area (TPSA) is 79.0 Å². The van der Waals surface area contributed by atoms with Gasteiger partial charge in [0.1, 0.15) is 5.54 Å². The van der Waals surface area contributed by atoms with Crippen LogP contribution >= 0.6 is 0 Å². The number of carbonyl (C=O) groups excluding carboxylic acids is 3. The summed E-state index contributed by atoms with van der Waals surface area (Å²) >= 11 is 0. The molecule has 2 aliphatic heterocycles. The molecular weight excluding hydrogens is 358 g/mol. The van der Waals surface area contributed by atoms with Crippen LogP contribution in [0.25, 0.3) is 0 Å². The second kappa shape index (κ2) is 7.20. The van der Waals surface area contributed by atoms with E-state index in [2.05, 4.69) is 5.32 Å². The van der Waals surface area contributed by atoms with E-state index in [1.54, 1.807) is 6.92 Å². The molecule has 0 aromatic heterocycles. The fourth-order valence-corrected chi connectivity index (χ4v) is 4.56. The number of imide groups is 1. The maximum absolute atomic E-state index is 13.1. The van der Waals surface area contributed by atoms with Crippen molar-refractivity contribution in [3.63, 3.8) is 0 Å². The van der Waals surface area contributed by atoms with E-state index in [0.29, 0.717) is 0 Å². The van der Waals surface area contributed by atoms with Gasteiger partial charge in [0.05, 0.1) is 18.4 Å². The van der Waals surface area contributed by atoms with Crippen LogP contribution < -0.4 is 10.2 Å². The predicted octanol–water partition coefficient (Wildman–Crippen LogP) is 1.59. The molecule has 1 N–H and O–H groups in total. The largest absolute Gasteiger partial charge is 0.465 e. The number of rotatable bonds is 5. The van der Waals surface area contributed by atoms with E-state index in [1.165, 1.54) is 7.05 Å². The predicted molar refractivity (Wildman–Crippen MR) is 106 cm³/mol. The molecule has 2 aliphatic rings. The number of ether oxygens (including phenoxy) is 1. The van der Waals surface area contributed by atoms with Crippen molar-refractivity contribution in [3.8, 4) is 0 Å². The summed E-state index contributed by atoms with van der Waals surface area (Å²) in [5.41, 5.74) is 0.678. The molecule has 1 aromatic carbocycles. The number of esters is 1. The lowest BCUT2D eigenvalue weighted by molar-refractivity contribution is -0.158. The number of hydrogen-bond donors (Lipinski definition) is 1. The van der Waals surface area contributed by atoms with Crippen LogP contribution in [-0.2, 0) is 19.1 Å². The number of carbonyl (C=O) groups is 3. The van der Waals surface area contributed by atoms with E-state index in [-0.39, 0.29) is 24.3 Å². The summed E-state index contributed by atoms with van der Waals surface area (Å²) < 4.78 is 5.36. The maximum Gasteiger partial charge on any atom is 0.327 e. The van der Waals surface area contributed by atoms with Gasteiger partial charge < -0.3 is 9.64 Å². The van der Waals surface area contributed by atoms with Gasteiger partial charge >= 0.3 is 5.97 Å². The fraction of sp³-hybridized carbons (Fsp3) is 0.571. The number of benzene rings is 1. The van der Waals surface area contributed by atoms with Gasteiger partial charge in [-0.15, -0.1) is 0 Å². The van der Waals surface area contributed by atoms with Gasteiger partial charge in [0.25, 0.3) is 0 Å². The molecule has 2 saturated heterocycles. The van der Waals surface area contributed by atoms with Crippen molar-refractivity contribution in [1.82, 2.24) is 10.2 Å². The molecule has 0 bridgehead atoms. The molecule has 3 rings (SSSR count). The third-order valence-corrected chi connectivity index (χ3v) is 6.11. The molecular formula is C21H29N3O4. The van der Waals surface area contributed by atoms with E-state index in [4.69, 9.17) is 4.74 Å². The van der Waals surface area contributed by atoms with Gasteiger partial charge in [0, 0.05) is 32.9 Å². The van der Waals surface area contributed by atoms with E-state index in [9.17, 15) is 14.4 Å². The lowest BCUT2D eigenvalue weighted by Crippen LogP contribution is -2.59. The molecule has 0 unspecified atom stereocenters. The molecule has 0 radical (unpaired) electrons. The Morgan fingerprint density at radius 2 is 1.82 bits per heavy atom. The Kier molecular flexibility index (Phi) is 5.23. The minimum Gasteiger partial charge on any atom is -0.465 e. The molecule has 7 nitrogen and oxygen atoms in total. The summed E-state index contributed by atoms with van der Waals surface area (Å²) in [7, 11) is 5.40. The molecule has 0 saturated carbocycles. The Morgan fingerprint density at radius 3 is 2.32 bits per heavy atom. The fourth-order valence-electron chi connectivity index (χ4n) is 4.56. The van der Waals surface area contributed by atoms with Crippen molar-refractivity contribution in [1.29, 1.82) is 0 Å². The minimum absolute atomic E-state index is 0.215. The van der Waals surface area contributed by atoms with Crippen LogP contribution in [0, 0.1) is 17.8 Å². The molecule has 28 heavy (non-hydrogen) atoms. The van der Waals surface area contributed by atoms with Gasteiger partial charge in [-0.2, -0.15) is 0 Å². The van der Waals surface area contributed by atoms with Gasteiger partial charge in [-0.3, -0.25) is 24.6 Å². The van der Waals surface area contributed by atoms with E-state index < -0.39 is 29.4 Å². The number of likely N-dealkylation sites (tertiary alicyclic amines) is 1. The first-order valence-electron chi connectivity index (χ1n) is 9.70. The number of nitrogens with zero attached hydrogens (tertiary/aromatic N) is 2. The smallest absolute Gasteiger partial charge is 0.327 e. The van der Waals surface area contributed by atoms with Gasteiger partial charge in [0.15, 0.2) is 0 Å². The Bertz CT molecular complexity index is 789. The second-order valence-electron chi connectivity index (χ2n) is 8.09. The summed E-state index contributed by atoms with van der Waals surface area (Å²) in [6.45, 7) is 5.72. The highest BCUT2D eigenvalue weighted by Gasteiger charge is 2.69. The number of anilines is 1. The van der Waals surface area contributed by atoms with Crippen LogP contribution in [0.3, 0.4) is 0 Å². The summed E-state index contributed by atoms with van der Waals surface area (Å²) in [5, 5.41) is 3.38. The number of nitrogens with one attached hydrogen (secondary N) is 1. The standard InChI is InChI=1S/C21H29N3O4/c1-7-28-20(27)21(12(2)3)16-15(18(25)24(6)19(16)26)17(22-21)13-8-10-14(11-9-13)23(4)5/h8-12,15-17,22H,7H2,1-6H3/t15-,16+,17-,21+/m0/s1. The molecule has 2 amide bonds. The Labute approximate surface area is 166 Å². The van der Waals surface area contributed by atoms with Gasteiger partial charge in [-0.1, -0.05) is 26.0 Å². The third kappa shape index (κ3) is 2.80. The first-order chi connectivity index (χ1) is 13.2. The Hall–Kier alpha value is -2.41.